The van der Waals surface area contributed by atoms with E-state index in [1.54, 1.807) is 0 Å². The number of ether oxygens (including phenoxy) is 3. The van der Waals surface area contributed by atoms with Gasteiger partial charge in [-0.1, -0.05) is 0 Å². The van der Waals surface area contributed by atoms with Crippen LogP contribution >= 0.6 is 15.4 Å². The fourth-order valence-electron chi connectivity index (χ4n) is 5.16. The zero-order valence-electron chi connectivity index (χ0n) is 22.0. The second-order valence-electron chi connectivity index (χ2n) is 9.94. The van der Waals surface area contributed by atoms with Gasteiger partial charge in [0.05, 0.1) is 19.3 Å². The second-order valence-corrected chi connectivity index (χ2v) is 13.1. The van der Waals surface area contributed by atoms with Gasteiger partial charge in [0.2, 0.25) is 0 Å². The number of rotatable bonds is 2. The van der Waals surface area contributed by atoms with E-state index in [1.807, 2.05) is 0 Å². The number of fused-ring (bicyclic) bond motifs is 4. The summed E-state index contributed by atoms with van der Waals surface area (Å²) in [6.45, 7) is -0.767. The van der Waals surface area contributed by atoms with Crippen molar-refractivity contribution in [3.8, 4) is 0 Å². The normalized spacial score (nSPS) is 38.3. The Labute approximate surface area is 244 Å². The lowest BCUT2D eigenvalue weighted by atomic mass is 10.1. The average Bonchev–Trinajstić information content (AvgIpc) is 3.73. The van der Waals surface area contributed by atoms with Crippen LogP contribution in [-0.2, 0) is 36.9 Å². The lowest BCUT2D eigenvalue weighted by Crippen LogP contribution is -2.38. The molecule has 0 radical (unpaired) electrons. The lowest BCUT2D eigenvalue weighted by molar-refractivity contribution is -0.168. The molecule has 3 aliphatic rings. The summed E-state index contributed by atoms with van der Waals surface area (Å²) in [5.41, 5.74) is 12.3. The molecule has 4 unspecified atom stereocenters. The first-order valence-electron chi connectivity index (χ1n) is 12.7. The summed E-state index contributed by atoms with van der Waals surface area (Å²) in [6.07, 6.45) is -8.72. The van der Waals surface area contributed by atoms with Crippen molar-refractivity contribution in [2.75, 3.05) is 24.4 Å². The molecule has 0 bridgehead atoms. The molecule has 8 N–H and O–H groups in total. The van der Waals surface area contributed by atoms with Crippen molar-refractivity contribution in [2.24, 2.45) is 0 Å². The number of phosphoric acid groups is 1. The molecule has 236 valence electrons. The second kappa shape index (κ2) is 10.7. The summed E-state index contributed by atoms with van der Waals surface area (Å²) in [6, 6.07) is 0. The molecule has 22 nitrogen and oxygen atoms in total. The van der Waals surface area contributed by atoms with Crippen molar-refractivity contribution in [1.82, 2.24) is 39.0 Å². The summed E-state index contributed by atoms with van der Waals surface area (Å²) < 4.78 is 61.5. The number of phosphoric ester groups is 1. The van der Waals surface area contributed by atoms with Crippen molar-refractivity contribution in [1.29, 1.82) is 0 Å². The third-order valence-electron chi connectivity index (χ3n) is 7.15. The van der Waals surface area contributed by atoms with Crippen molar-refractivity contribution < 1.29 is 56.9 Å². The van der Waals surface area contributed by atoms with Gasteiger partial charge in [-0.05, 0) is 0 Å². The quantitative estimate of drug-likeness (QED) is 0.132. The number of nitrogen functional groups attached to an aromatic ring is 2. The maximum Gasteiger partial charge on any atom is 0.472 e. The van der Waals surface area contributed by atoms with E-state index in [-0.39, 0.29) is 34.0 Å². The van der Waals surface area contributed by atoms with Crippen LogP contribution < -0.4 is 11.5 Å². The molecular weight excluding hydrogens is 634 g/mol. The van der Waals surface area contributed by atoms with E-state index < -0.39 is 77.6 Å². The van der Waals surface area contributed by atoms with Crippen LogP contribution in [0.4, 0.5) is 11.6 Å². The van der Waals surface area contributed by atoms with E-state index in [1.165, 1.54) is 21.8 Å². The largest absolute Gasteiger partial charge is 0.472 e. The van der Waals surface area contributed by atoms with Gasteiger partial charge in [-0.3, -0.25) is 27.3 Å². The molecular formula is C20H24N10O12P2. The SMILES string of the molecule is Nc1ncnc2c1ncn2[C@@H]1O[C@@H]2OCP(=O)(O)O[C@@H]3C(O)[C@H](n4cnc5c(N)ncnc54)O[C@@H]3COP(=O)(O)O[C@@H]2C1O. The van der Waals surface area contributed by atoms with Gasteiger partial charge in [-0.25, -0.2) is 34.5 Å². The fraction of sp³-hybridized carbons (Fsp3) is 0.500. The van der Waals surface area contributed by atoms with Crippen molar-refractivity contribution in [3.05, 3.63) is 25.3 Å². The third kappa shape index (κ3) is 5.04. The summed E-state index contributed by atoms with van der Waals surface area (Å²) in [7, 11) is -9.75. The number of aliphatic hydroxyl groups excluding tert-OH is 2. The molecule has 7 heterocycles. The molecule has 44 heavy (non-hydrogen) atoms. The Morgan fingerprint density at radius 3 is 1.98 bits per heavy atom. The Hall–Kier alpha value is -3.24. The summed E-state index contributed by atoms with van der Waals surface area (Å²) >= 11 is 0. The molecule has 3 saturated heterocycles. The predicted molar refractivity (Wildman–Crippen MR) is 141 cm³/mol. The zero-order valence-corrected chi connectivity index (χ0v) is 23.8. The van der Waals surface area contributed by atoms with Crippen LogP contribution in [0.5, 0.6) is 0 Å². The number of nitrogens with two attached hydrogens (primary N) is 2. The highest BCUT2D eigenvalue weighted by Gasteiger charge is 2.54. The minimum absolute atomic E-state index is 0.0441. The molecule has 3 aliphatic heterocycles. The van der Waals surface area contributed by atoms with Crippen molar-refractivity contribution in [2.45, 2.75) is 49.3 Å². The van der Waals surface area contributed by atoms with E-state index in [0.717, 1.165) is 12.7 Å². The smallest absolute Gasteiger partial charge is 0.386 e. The van der Waals surface area contributed by atoms with Gasteiger partial charge in [0, 0.05) is 0 Å². The summed E-state index contributed by atoms with van der Waals surface area (Å²) in [5, 5.41) is 22.2. The highest BCUT2D eigenvalue weighted by atomic mass is 31.2. The molecule has 10 atom stereocenters. The monoisotopic (exact) mass is 658 g/mol. The number of anilines is 2. The number of hydrogen-bond donors (Lipinski definition) is 6. The van der Waals surface area contributed by atoms with Crippen LogP contribution in [0, 0.1) is 0 Å². The Bertz CT molecular complexity index is 1690. The summed E-state index contributed by atoms with van der Waals surface area (Å²) in [4.78, 5) is 45.3. The standard InChI is InChI=1S/C20H24N10O12P2/c21-14-8-16(25-2-23-14)29(4-27-8)18-10(31)12-7(39-18)1-38-44(35,36)42-13-11(32)19(40-20(13)37-6-43(33,34)41-12)30-5-28-9-15(22)24-3-26-17(9)30/h2-5,7,10-13,18-20,31-32H,1,6H2,(H,33,34)(H,35,36)(H2,21,23,25)(H2,22,24,26)/t7-,10?,11?,12+,13-,18-,19-,20+/m1/s1. The number of imidazole rings is 2. The Kier molecular flexibility index (Phi) is 7.16. The Balaban J connectivity index is 1.17. The first-order chi connectivity index (χ1) is 20.9. The van der Waals surface area contributed by atoms with E-state index in [4.69, 9.17) is 39.2 Å². The van der Waals surface area contributed by atoms with Crippen molar-refractivity contribution in [3.63, 3.8) is 0 Å². The van der Waals surface area contributed by atoms with Crippen molar-refractivity contribution >= 4 is 49.4 Å². The maximum atomic E-state index is 13.2. The van der Waals surface area contributed by atoms with E-state index in [9.17, 15) is 29.1 Å². The number of nitrogens with zero attached hydrogens (tertiary/aromatic N) is 8. The number of aromatic nitrogens is 8. The van der Waals surface area contributed by atoms with Gasteiger partial charge in [-0.15, -0.1) is 0 Å². The van der Waals surface area contributed by atoms with Crippen LogP contribution in [0.15, 0.2) is 25.3 Å². The molecule has 0 saturated carbocycles. The molecule has 0 aliphatic carbocycles. The number of aliphatic hydroxyl groups is 2. The molecule has 4 aromatic rings. The molecule has 0 aromatic carbocycles. The number of hydrogen-bond acceptors (Lipinski definition) is 18. The average molecular weight is 658 g/mol. The third-order valence-corrected chi connectivity index (χ3v) is 9.18. The summed E-state index contributed by atoms with van der Waals surface area (Å²) in [5.74, 6) is 0.0983. The fourth-order valence-corrected chi connectivity index (χ4v) is 7.13. The minimum Gasteiger partial charge on any atom is -0.386 e. The van der Waals surface area contributed by atoms with Crippen LogP contribution in [-0.4, -0.2) is 109 Å². The van der Waals surface area contributed by atoms with Gasteiger partial charge in [0.15, 0.2) is 54.1 Å². The molecule has 24 heteroatoms. The first kappa shape index (κ1) is 29.5. The highest BCUT2D eigenvalue weighted by molar-refractivity contribution is 7.52. The van der Waals surface area contributed by atoms with Gasteiger partial charge < -0.3 is 45.7 Å². The molecule has 7 rings (SSSR count). The van der Waals surface area contributed by atoms with Crippen LogP contribution in [0.25, 0.3) is 22.3 Å². The Morgan fingerprint density at radius 2 is 1.36 bits per heavy atom. The van der Waals surface area contributed by atoms with E-state index in [2.05, 4.69) is 29.9 Å². The topological polar surface area (TPSA) is 310 Å². The van der Waals surface area contributed by atoms with Gasteiger partial charge in [0.1, 0.15) is 48.1 Å². The molecule has 4 aromatic heterocycles. The Morgan fingerprint density at radius 1 is 0.795 bits per heavy atom. The maximum absolute atomic E-state index is 13.2. The minimum atomic E-state index is -5.03. The van der Waals surface area contributed by atoms with Crippen LogP contribution in [0.1, 0.15) is 12.5 Å². The van der Waals surface area contributed by atoms with E-state index >= 15 is 0 Å². The lowest BCUT2D eigenvalue weighted by Gasteiger charge is -2.28. The predicted octanol–water partition coefficient (Wildman–Crippen LogP) is -1.63. The molecule has 0 amide bonds. The van der Waals surface area contributed by atoms with Gasteiger partial charge >= 0.3 is 15.4 Å². The zero-order chi connectivity index (χ0) is 31.0. The highest BCUT2D eigenvalue weighted by Crippen LogP contribution is 2.53. The molecule has 3 fully saturated rings. The first-order valence-corrected chi connectivity index (χ1v) is 16.0. The molecule has 0 spiro atoms. The van der Waals surface area contributed by atoms with Crippen LogP contribution in [0.2, 0.25) is 0 Å². The van der Waals surface area contributed by atoms with Gasteiger partial charge in [-0.2, -0.15) is 0 Å². The van der Waals surface area contributed by atoms with E-state index in [0.29, 0.717) is 0 Å². The van der Waals surface area contributed by atoms with Gasteiger partial charge in [0.25, 0.3) is 0 Å². The van der Waals surface area contributed by atoms with Crippen LogP contribution in [0.3, 0.4) is 0 Å².